The fourth-order valence-electron chi connectivity index (χ4n) is 0.720. The number of hydrogen-bond donors (Lipinski definition) is 1. The fraction of sp³-hybridized carbons (Fsp3) is 0.667. The van der Waals surface area contributed by atoms with E-state index in [-0.39, 0.29) is 6.04 Å². The van der Waals surface area contributed by atoms with E-state index in [4.69, 9.17) is 5.73 Å². The zero-order chi connectivity index (χ0) is 6.85. The Balaban J connectivity index is 2.60. The first kappa shape index (κ1) is 6.42. The minimum absolute atomic E-state index is 0.0613. The molecule has 0 amide bonds. The normalized spacial score (nSPS) is 21.2. The topological polar surface area (TPSA) is 50.7 Å². The Morgan fingerprint density at radius 1 is 1.67 bits per heavy atom. The van der Waals surface area contributed by atoms with Crippen molar-refractivity contribution in [3.63, 3.8) is 0 Å². The molecule has 0 aromatic rings. The molecule has 1 aliphatic heterocycles. The Morgan fingerprint density at radius 3 is 2.56 bits per heavy atom. The third-order valence-electron chi connectivity index (χ3n) is 1.30. The zero-order valence-electron chi connectivity index (χ0n) is 5.76. The molecule has 0 saturated heterocycles. The quantitative estimate of drug-likeness (QED) is 0.535. The molecule has 9 heavy (non-hydrogen) atoms. The molecule has 1 atom stereocenters. The van der Waals surface area contributed by atoms with E-state index in [2.05, 4.69) is 9.98 Å². The monoisotopic (exact) mass is 125 g/mol. The lowest BCUT2D eigenvalue weighted by molar-refractivity contribution is 0.960. The molecule has 0 saturated carbocycles. The van der Waals surface area contributed by atoms with Gasteiger partial charge < -0.3 is 5.73 Å². The van der Waals surface area contributed by atoms with Crippen LogP contribution in [-0.2, 0) is 0 Å². The summed E-state index contributed by atoms with van der Waals surface area (Å²) >= 11 is 0. The molecule has 3 nitrogen and oxygen atoms in total. The van der Waals surface area contributed by atoms with Gasteiger partial charge in [-0.2, -0.15) is 0 Å². The summed E-state index contributed by atoms with van der Waals surface area (Å²) in [6.07, 6.45) is 0. The Kier molecular flexibility index (Phi) is 1.62. The molecule has 1 unspecified atom stereocenters. The largest absolute Gasteiger partial charge is 0.323 e. The molecular formula is C6H11N3. The van der Waals surface area contributed by atoms with Gasteiger partial charge in [-0.05, 0) is 13.8 Å². The third-order valence-corrected chi connectivity index (χ3v) is 1.30. The molecule has 0 aromatic heterocycles. The van der Waals surface area contributed by atoms with Gasteiger partial charge in [-0.25, -0.2) is 4.99 Å². The van der Waals surface area contributed by atoms with E-state index in [1.54, 1.807) is 0 Å². The van der Waals surface area contributed by atoms with Gasteiger partial charge in [-0.1, -0.05) is 0 Å². The van der Waals surface area contributed by atoms with Gasteiger partial charge in [-0.15, -0.1) is 0 Å². The molecule has 1 aliphatic rings. The molecule has 0 radical (unpaired) electrons. The van der Waals surface area contributed by atoms with E-state index < -0.39 is 0 Å². The summed E-state index contributed by atoms with van der Waals surface area (Å²) < 4.78 is 0. The third kappa shape index (κ3) is 1.36. The van der Waals surface area contributed by atoms with Crippen molar-refractivity contribution in [1.29, 1.82) is 0 Å². The van der Waals surface area contributed by atoms with E-state index in [9.17, 15) is 0 Å². The van der Waals surface area contributed by atoms with Crippen LogP contribution in [0.3, 0.4) is 0 Å². The summed E-state index contributed by atoms with van der Waals surface area (Å²) in [5, 5.41) is 0. The minimum Gasteiger partial charge on any atom is -0.323 e. The van der Waals surface area contributed by atoms with Gasteiger partial charge in [0.15, 0.2) is 0 Å². The van der Waals surface area contributed by atoms with E-state index in [1.165, 1.54) is 0 Å². The van der Waals surface area contributed by atoms with Crippen molar-refractivity contribution in [3.05, 3.63) is 0 Å². The Hall–Kier alpha value is -0.700. The molecule has 3 heteroatoms. The van der Waals surface area contributed by atoms with Crippen LogP contribution in [0.5, 0.6) is 0 Å². The molecule has 2 N–H and O–H groups in total. The van der Waals surface area contributed by atoms with Crippen LogP contribution in [0.1, 0.15) is 13.8 Å². The first-order valence-corrected chi connectivity index (χ1v) is 3.04. The van der Waals surface area contributed by atoms with E-state index in [0.717, 1.165) is 11.5 Å². The van der Waals surface area contributed by atoms with Crippen LogP contribution >= 0.6 is 0 Å². The average Bonchev–Trinajstić information content (AvgIpc) is 2.14. The predicted molar refractivity (Wildman–Crippen MR) is 39.1 cm³/mol. The highest BCUT2D eigenvalue weighted by Gasteiger charge is 2.09. The van der Waals surface area contributed by atoms with Crippen LogP contribution in [0.15, 0.2) is 9.98 Å². The Labute approximate surface area is 54.7 Å². The van der Waals surface area contributed by atoms with E-state index >= 15 is 0 Å². The molecule has 0 fully saturated rings. The summed E-state index contributed by atoms with van der Waals surface area (Å²) in [5.74, 6) is 0.849. The van der Waals surface area contributed by atoms with Gasteiger partial charge in [0.25, 0.3) is 0 Å². The number of amidine groups is 1. The standard InChI is InChI=1S/C6H11N3/c1-4(7)6-3-8-5(2)9-6/h4H,3,7H2,1-2H3. The second kappa shape index (κ2) is 2.27. The summed E-state index contributed by atoms with van der Waals surface area (Å²) in [6.45, 7) is 4.51. The van der Waals surface area contributed by atoms with Gasteiger partial charge in [0.1, 0.15) is 5.84 Å². The van der Waals surface area contributed by atoms with Gasteiger partial charge in [0.2, 0.25) is 0 Å². The minimum atomic E-state index is 0.0613. The number of nitrogens with zero attached hydrogens (tertiary/aromatic N) is 2. The van der Waals surface area contributed by atoms with Crippen molar-refractivity contribution in [1.82, 2.24) is 0 Å². The van der Waals surface area contributed by atoms with E-state index in [1.807, 2.05) is 13.8 Å². The van der Waals surface area contributed by atoms with Crippen LogP contribution in [0.2, 0.25) is 0 Å². The number of aliphatic imine (C=N–C) groups is 2. The lowest BCUT2D eigenvalue weighted by Gasteiger charge is -2.00. The summed E-state index contributed by atoms with van der Waals surface area (Å²) in [6, 6.07) is 0.0613. The van der Waals surface area contributed by atoms with Crippen molar-refractivity contribution in [2.45, 2.75) is 19.9 Å². The maximum Gasteiger partial charge on any atom is 0.120 e. The first-order valence-electron chi connectivity index (χ1n) is 3.04. The molecule has 1 heterocycles. The summed E-state index contributed by atoms with van der Waals surface area (Å²) in [5.41, 5.74) is 6.55. The Bertz CT molecular complexity index is 167. The average molecular weight is 125 g/mol. The van der Waals surface area contributed by atoms with Crippen molar-refractivity contribution in [2.24, 2.45) is 15.7 Å². The maximum absolute atomic E-state index is 5.56. The Morgan fingerprint density at radius 2 is 2.33 bits per heavy atom. The van der Waals surface area contributed by atoms with Gasteiger partial charge in [0, 0.05) is 6.04 Å². The van der Waals surface area contributed by atoms with Gasteiger partial charge in [0.05, 0.1) is 12.3 Å². The highest BCUT2D eigenvalue weighted by molar-refractivity contribution is 6.05. The van der Waals surface area contributed by atoms with Crippen molar-refractivity contribution < 1.29 is 0 Å². The van der Waals surface area contributed by atoms with Crippen molar-refractivity contribution in [3.8, 4) is 0 Å². The molecular weight excluding hydrogens is 114 g/mol. The lowest BCUT2D eigenvalue weighted by atomic mass is 10.2. The highest BCUT2D eigenvalue weighted by Crippen LogP contribution is 1.97. The van der Waals surface area contributed by atoms with Gasteiger partial charge >= 0.3 is 0 Å². The summed E-state index contributed by atoms with van der Waals surface area (Å²) in [4.78, 5) is 8.20. The highest BCUT2D eigenvalue weighted by atomic mass is 15.0. The SMILES string of the molecule is CC1=NCC(C(C)N)=N1. The van der Waals surface area contributed by atoms with Crippen LogP contribution < -0.4 is 5.73 Å². The molecule has 0 aliphatic carbocycles. The second-order valence-electron chi connectivity index (χ2n) is 2.26. The fourth-order valence-corrected chi connectivity index (χ4v) is 0.720. The summed E-state index contributed by atoms with van der Waals surface area (Å²) in [7, 11) is 0. The van der Waals surface area contributed by atoms with Crippen molar-refractivity contribution in [2.75, 3.05) is 6.54 Å². The number of rotatable bonds is 1. The number of hydrogen-bond acceptors (Lipinski definition) is 3. The second-order valence-corrected chi connectivity index (χ2v) is 2.26. The number of nitrogens with two attached hydrogens (primary N) is 1. The molecule has 50 valence electrons. The van der Waals surface area contributed by atoms with Crippen LogP contribution in [0.4, 0.5) is 0 Å². The zero-order valence-corrected chi connectivity index (χ0v) is 5.76. The van der Waals surface area contributed by atoms with Crippen molar-refractivity contribution >= 4 is 11.5 Å². The molecule has 1 rings (SSSR count). The molecule has 0 bridgehead atoms. The molecule has 0 spiro atoms. The lowest BCUT2D eigenvalue weighted by Crippen LogP contribution is -2.27. The van der Waals surface area contributed by atoms with Crippen LogP contribution in [0, 0.1) is 0 Å². The first-order chi connectivity index (χ1) is 4.20. The molecule has 0 aromatic carbocycles. The predicted octanol–water partition coefficient (Wildman–Crippen LogP) is 0.207. The van der Waals surface area contributed by atoms with Crippen LogP contribution in [-0.4, -0.2) is 24.1 Å². The smallest absolute Gasteiger partial charge is 0.120 e. The van der Waals surface area contributed by atoms with Crippen LogP contribution in [0.25, 0.3) is 0 Å². The van der Waals surface area contributed by atoms with Gasteiger partial charge in [-0.3, -0.25) is 4.99 Å². The van der Waals surface area contributed by atoms with E-state index in [0.29, 0.717) is 6.54 Å². The maximum atomic E-state index is 5.56.